The minimum absolute atomic E-state index is 0.0824. The number of benzene rings is 1. The number of aliphatic hydroxyl groups is 2. The van der Waals surface area contributed by atoms with Crippen molar-refractivity contribution in [3.8, 4) is 5.75 Å². The predicted octanol–water partition coefficient (Wildman–Crippen LogP) is 4.55. The van der Waals surface area contributed by atoms with Crippen LogP contribution in [0.25, 0.3) is 0 Å². The fourth-order valence-corrected chi connectivity index (χ4v) is 5.88. The largest absolute Gasteiger partial charge is 0.494 e. The Bertz CT molecular complexity index is 804. The van der Waals surface area contributed by atoms with Crippen LogP contribution in [-0.2, 0) is 9.59 Å². The Kier molecular flexibility index (Phi) is 6.90. The van der Waals surface area contributed by atoms with Crippen molar-refractivity contribution in [2.24, 2.45) is 22.7 Å². The average molecular weight is 451 g/mol. The molecule has 1 unspecified atom stereocenters. The molecule has 0 bridgehead atoms. The van der Waals surface area contributed by atoms with Gasteiger partial charge in [-0.1, -0.05) is 39.3 Å². The van der Waals surface area contributed by atoms with E-state index in [9.17, 15) is 19.8 Å². The normalized spacial score (nSPS) is 31.4. The lowest BCUT2D eigenvalue weighted by Crippen LogP contribution is -2.51. The molecule has 1 aromatic rings. The topological polar surface area (TPSA) is 83.8 Å². The molecule has 2 aliphatic carbocycles. The molecule has 0 aromatic heterocycles. The standard InChI is InChI=1S/C25H35ClO5/c1-6-31-20-8-7-14(26)9-15(20)21(22-16(27)10-24(2,3)11-17(22)28)23-18(29)12-25(4,5)13-19(23)30/h7-9,16,18,21-23,27,29H,6,10-13H2,1-5H3/t16-,18+,21?,22-,23+. The summed E-state index contributed by atoms with van der Waals surface area (Å²) >= 11 is 6.32. The Morgan fingerprint density at radius 3 is 1.90 bits per heavy atom. The number of rotatable bonds is 5. The molecule has 172 valence electrons. The van der Waals surface area contributed by atoms with E-state index in [-0.39, 0.29) is 22.4 Å². The van der Waals surface area contributed by atoms with Crippen molar-refractivity contribution in [2.75, 3.05) is 6.61 Å². The van der Waals surface area contributed by atoms with Gasteiger partial charge in [0.25, 0.3) is 0 Å². The molecule has 0 radical (unpaired) electrons. The molecule has 1 aromatic carbocycles. The quantitative estimate of drug-likeness (QED) is 0.687. The summed E-state index contributed by atoms with van der Waals surface area (Å²) in [6.07, 6.45) is -0.287. The van der Waals surface area contributed by atoms with Crippen LogP contribution in [0.2, 0.25) is 5.02 Å². The van der Waals surface area contributed by atoms with Gasteiger partial charge in [0.1, 0.15) is 17.3 Å². The molecule has 5 atom stereocenters. The van der Waals surface area contributed by atoms with Crippen molar-refractivity contribution < 1.29 is 24.5 Å². The monoisotopic (exact) mass is 450 g/mol. The number of ketones is 2. The Morgan fingerprint density at radius 2 is 1.48 bits per heavy atom. The van der Waals surface area contributed by atoms with E-state index in [1.807, 2.05) is 34.6 Å². The van der Waals surface area contributed by atoms with Gasteiger partial charge in [0.05, 0.1) is 30.7 Å². The molecule has 3 rings (SSSR count). The van der Waals surface area contributed by atoms with Crippen molar-refractivity contribution in [3.63, 3.8) is 0 Å². The lowest BCUT2D eigenvalue weighted by atomic mass is 9.58. The van der Waals surface area contributed by atoms with E-state index in [4.69, 9.17) is 16.3 Å². The van der Waals surface area contributed by atoms with Crippen LogP contribution in [0.4, 0.5) is 0 Å². The minimum atomic E-state index is -0.912. The summed E-state index contributed by atoms with van der Waals surface area (Å²) in [4.78, 5) is 26.7. The maximum atomic E-state index is 13.3. The van der Waals surface area contributed by atoms with Crippen LogP contribution < -0.4 is 4.74 Å². The van der Waals surface area contributed by atoms with Crippen LogP contribution >= 0.6 is 11.6 Å². The second-order valence-corrected chi connectivity index (χ2v) is 11.3. The van der Waals surface area contributed by atoms with Crippen molar-refractivity contribution in [1.29, 1.82) is 0 Å². The van der Waals surface area contributed by atoms with Gasteiger partial charge in [0.15, 0.2) is 0 Å². The van der Waals surface area contributed by atoms with Crippen LogP contribution in [0.5, 0.6) is 5.75 Å². The maximum Gasteiger partial charge on any atom is 0.139 e. The van der Waals surface area contributed by atoms with Crippen molar-refractivity contribution in [1.82, 2.24) is 0 Å². The molecule has 2 saturated carbocycles. The van der Waals surface area contributed by atoms with Gasteiger partial charge >= 0.3 is 0 Å². The molecule has 0 heterocycles. The summed E-state index contributed by atoms with van der Waals surface area (Å²) in [7, 11) is 0. The number of hydrogen-bond donors (Lipinski definition) is 2. The maximum absolute atomic E-state index is 13.3. The van der Waals surface area contributed by atoms with Crippen LogP contribution in [0, 0.1) is 22.7 Å². The van der Waals surface area contributed by atoms with Crippen LogP contribution in [0.3, 0.4) is 0 Å². The molecule has 0 saturated heterocycles. The van der Waals surface area contributed by atoms with Gasteiger partial charge in [0.2, 0.25) is 0 Å². The number of hydrogen-bond acceptors (Lipinski definition) is 5. The number of carbonyl (C=O) groups is 2. The molecular formula is C25H35ClO5. The summed E-state index contributed by atoms with van der Waals surface area (Å²) in [5.41, 5.74) is -0.0129. The van der Waals surface area contributed by atoms with E-state index in [2.05, 4.69) is 0 Å². The Morgan fingerprint density at radius 1 is 1.00 bits per heavy atom. The number of carbonyl (C=O) groups excluding carboxylic acids is 2. The minimum Gasteiger partial charge on any atom is -0.494 e. The smallest absolute Gasteiger partial charge is 0.139 e. The second kappa shape index (κ2) is 8.84. The molecule has 0 aliphatic heterocycles. The third-order valence-corrected chi connectivity index (χ3v) is 7.04. The fraction of sp³-hybridized carbons (Fsp3) is 0.680. The third kappa shape index (κ3) is 5.15. The number of Topliss-reactive ketones (excluding diaryl/α,β-unsaturated/α-hetero) is 2. The summed E-state index contributed by atoms with van der Waals surface area (Å²) in [5, 5.41) is 22.7. The van der Waals surface area contributed by atoms with Gasteiger partial charge in [-0.25, -0.2) is 0 Å². The third-order valence-electron chi connectivity index (χ3n) is 6.81. The molecule has 0 amide bonds. The Balaban J connectivity index is 2.15. The highest BCUT2D eigenvalue weighted by atomic mass is 35.5. The van der Waals surface area contributed by atoms with Gasteiger partial charge in [-0.2, -0.15) is 0 Å². The summed E-state index contributed by atoms with van der Waals surface area (Å²) in [5.74, 6) is -1.92. The lowest BCUT2D eigenvalue weighted by Gasteiger charge is -2.46. The summed E-state index contributed by atoms with van der Waals surface area (Å²) in [6, 6.07) is 5.16. The van der Waals surface area contributed by atoms with Gasteiger partial charge in [-0.15, -0.1) is 0 Å². The summed E-state index contributed by atoms with van der Waals surface area (Å²) in [6.45, 7) is 10.1. The second-order valence-electron chi connectivity index (χ2n) is 10.9. The van der Waals surface area contributed by atoms with Gasteiger partial charge < -0.3 is 14.9 Å². The molecule has 2 N–H and O–H groups in total. The molecule has 0 spiro atoms. The van der Waals surface area contributed by atoms with Gasteiger partial charge in [0, 0.05) is 29.3 Å². The molecule has 2 aliphatic rings. The fourth-order valence-electron chi connectivity index (χ4n) is 5.70. The molecule has 6 heteroatoms. The van der Waals surface area contributed by atoms with Crippen LogP contribution in [-0.4, -0.2) is 40.6 Å². The van der Waals surface area contributed by atoms with Gasteiger partial charge in [-0.05, 0) is 48.8 Å². The zero-order chi connectivity index (χ0) is 23.1. The predicted molar refractivity (Wildman–Crippen MR) is 120 cm³/mol. The van der Waals surface area contributed by atoms with Crippen LogP contribution in [0.1, 0.15) is 71.8 Å². The SMILES string of the molecule is CCOc1ccc(Cl)cc1C([C@H]1C(=O)CC(C)(C)C[C@H]1O)[C@@H]1C(=O)CC(C)(C)C[C@@H]1O. The number of halogens is 1. The number of aliphatic hydroxyl groups excluding tert-OH is 2. The van der Waals surface area contributed by atoms with Crippen molar-refractivity contribution in [2.45, 2.75) is 78.4 Å². The van der Waals surface area contributed by atoms with E-state index in [1.165, 1.54) is 0 Å². The highest BCUT2D eigenvalue weighted by molar-refractivity contribution is 6.30. The lowest BCUT2D eigenvalue weighted by molar-refractivity contribution is -0.144. The number of ether oxygens (including phenoxy) is 1. The van der Waals surface area contributed by atoms with Gasteiger partial charge in [-0.3, -0.25) is 9.59 Å². The first-order chi connectivity index (χ1) is 14.3. The molecule has 31 heavy (non-hydrogen) atoms. The van der Waals surface area contributed by atoms with Crippen molar-refractivity contribution >= 4 is 23.2 Å². The Hall–Kier alpha value is -1.43. The van der Waals surface area contributed by atoms with E-state index in [0.717, 1.165) is 0 Å². The Labute approximate surface area is 190 Å². The zero-order valence-electron chi connectivity index (χ0n) is 19.2. The van der Waals surface area contributed by atoms with E-state index in [0.29, 0.717) is 48.6 Å². The van der Waals surface area contributed by atoms with Crippen molar-refractivity contribution in [3.05, 3.63) is 28.8 Å². The first-order valence-electron chi connectivity index (χ1n) is 11.2. The highest BCUT2D eigenvalue weighted by Crippen LogP contribution is 2.51. The van der Waals surface area contributed by atoms with E-state index >= 15 is 0 Å². The van der Waals surface area contributed by atoms with E-state index < -0.39 is 30.0 Å². The first kappa shape index (κ1) is 24.2. The highest BCUT2D eigenvalue weighted by Gasteiger charge is 2.52. The molecule has 2 fully saturated rings. The summed E-state index contributed by atoms with van der Waals surface area (Å²) < 4.78 is 5.83. The van der Waals surface area contributed by atoms with Crippen LogP contribution in [0.15, 0.2) is 18.2 Å². The van der Waals surface area contributed by atoms with E-state index in [1.54, 1.807) is 18.2 Å². The molecule has 5 nitrogen and oxygen atoms in total. The zero-order valence-corrected chi connectivity index (χ0v) is 19.9. The first-order valence-corrected chi connectivity index (χ1v) is 11.6. The molecular weight excluding hydrogens is 416 g/mol. The average Bonchev–Trinajstić information content (AvgIpc) is 2.59.